The Morgan fingerprint density at radius 3 is 2.15 bits per heavy atom. The van der Waals surface area contributed by atoms with Crippen molar-refractivity contribution in [3.05, 3.63) is 96.7 Å². The predicted octanol–water partition coefficient (Wildman–Crippen LogP) is 5.12. The second-order valence-electron chi connectivity index (χ2n) is 8.07. The normalized spacial score (nSPS) is 11.2. The van der Waals surface area contributed by atoms with E-state index in [9.17, 15) is 0 Å². The SMILES string of the molecule is c1cc(CNc2cnc3[nH]cnc3c2)cc(-c2cccc(CNc3ccc4nc[nH]c4n3)c2)c1. The second-order valence-corrected chi connectivity index (χ2v) is 8.07. The fraction of sp³-hybridized carbons (Fsp3) is 0.0769. The zero-order valence-corrected chi connectivity index (χ0v) is 18.3. The summed E-state index contributed by atoms with van der Waals surface area (Å²) in [6, 6.07) is 23.0. The van der Waals surface area contributed by atoms with Crippen LogP contribution in [0.3, 0.4) is 0 Å². The molecule has 0 radical (unpaired) electrons. The first-order chi connectivity index (χ1) is 16.8. The number of nitrogens with zero attached hydrogens (tertiary/aromatic N) is 4. The number of hydrogen-bond acceptors (Lipinski definition) is 6. The maximum Gasteiger partial charge on any atom is 0.159 e. The number of anilines is 2. The van der Waals surface area contributed by atoms with E-state index in [1.54, 1.807) is 12.7 Å². The average Bonchev–Trinajstić information content (AvgIpc) is 3.55. The number of fused-ring (bicyclic) bond motifs is 2. The highest BCUT2D eigenvalue weighted by atomic mass is 15.0. The maximum atomic E-state index is 4.56. The molecule has 0 aliphatic rings. The highest BCUT2D eigenvalue weighted by Gasteiger charge is 2.05. The van der Waals surface area contributed by atoms with Gasteiger partial charge in [-0.15, -0.1) is 0 Å². The smallest absolute Gasteiger partial charge is 0.159 e. The molecule has 166 valence electrons. The van der Waals surface area contributed by atoms with E-state index in [0.29, 0.717) is 13.1 Å². The largest absolute Gasteiger partial charge is 0.380 e. The Morgan fingerprint density at radius 1 is 0.647 bits per heavy atom. The fourth-order valence-electron chi connectivity index (χ4n) is 3.96. The summed E-state index contributed by atoms with van der Waals surface area (Å²) in [6.07, 6.45) is 5.13. The molecule has 8 heteroatoms. The third-order valence-corrected chi connectivity index (χ3v) is 5.71. The summed E-state index contributed by atoms with van der Waals surface area (Å²) in [5.41, 5.74) is 8.97. The number of rotatable bonds is 7. The van der Waals surface area contributed by atoms with Gasteiger partial charge in [-0.2, -0.15) is 0 Å². The van der Waals surface area contributed by atoms with E-state index in [1.165, 1.54) is 22.3 Å². The molecule has 4 N–H and O–H groups in total. The van der Waals surface area contributed by atoms with Crippen LogP contribution >= 0.6 is 0 Å². The van der Waals surface area contributed by atoms with E-state index in [1.807, 2.05) is 24.4 Å². The summed E-state index contributed by atoms with van der Waals surface area (Å²) in [4.78, 5) is 23.5. The molecule has 0 atom stereocenters. The van der Waals surface area contributed by atoms with Crippen LogP contribution in [0, 0.1) is 0 Å². The number of benzene rings is 2. The van der Waals surface area contributed by atoms with Crippen LogP contribution in [0.25, 0.3) is 33.5 Å². The van der Waals surface area contributed by atoms with Crippen molar-refractivity contribution in [1.29, 1.82) is 0 Å². The molecule has 4 heterocycles. The number of hydrogen-bond donors (Lipinski definition) is 4. The summed E-state index contributed by atoms with van der Waals surface area (Å²) in [7, 11) is 0. The van der Waals surface area contributed by atoms with Crippen LogP contribution in [0.4, 0.5) is 11.5 Å². The third-order valence-electron chi connectivity index (χ3n) is 5.71. The first-order valence-electron chi connectivity index (χ1n) is 11.1. The topological polar surface area (TPSA) is 107 Å². The van der Waals surface area contributed by atoms with Gasteiger partial charge in [-0.3, -0.25) is 0 Å². The van der Waals surface area contributed by atoms with Crippen molar-refractivity contribution in [3.63, 3.8) is 0 Å². The van der Waals surface area contributed by atoms with Crippen molar-refractivity contribution in [2.45, 2.75) is 13.1 Å². The molecule has 0 unspecified atom stereocenters. The molecule has 0 aliphatic carbocycles. The van der Waals surface area contributed by atoms with Gasteiger partial charge in [-0.25, -0.2) is 19.9 Å². The quantitative estimate of drug-likeness (QED) is 0.271. The van der Waals surface area contributed by atoms with Gasteiger partial charge in [0.15, 0.2) is 11.3 Å². The van der Waals surface area contributed by atoms with Crippen LogP contribution in [0.15, 0.2) is 85.6 Å². The molecule has 0 aliphatic heterocycles. The number of aromatic amines is 2. The lowest BCUT2D eigenvalue weighted by atomic mass is 10.0. The van der Waals surface area contributed by atoms with Crippen molar-refractivity contribution in [2.24, 2.45) is 0 Å². The average molecular weight is 447 g/mol. The molecule has 34 heavy (non-hydrogen) atoms. The van der Waals surface area contributed by atoms with E-state index in [0.717, 1.165) is 33.8 Å². The molecule has 4 aromatic heterocycles. The van der Waals surface area contributed by atoms with Crippen LogP contribution in [0.5, 0.6) is 0 Å². The van der Waals surface area contributed by atoms with Crippen LogP contribution in [0.2, 0.25) is 0 Å². The minimum absolute atomic E-state index is 0.685. The van der Waals surface area contributed by atoms with Gasteiger partial charge in [0.2, 0.25) is 0 Å². The third kappa shape index (κ3) is 4.16. The molecule has 0 saturated carbocycles. The van der Waals surface area contributed by atoms with Gasteiger partial charge in [0.25, 0.3) is 0 Å². The van der Waals surface area contributed by atoms with Crippen molar-refractivity contribution in [2.75, 3.05) is 10.6 Å². The molecule has 0 fully saturated rings. The minimum Gasteiger partial charge on any atom is -0.380 e. The van der Waals surface area contributed by atoms with Crippen LogP contribution in [0.1, 0.15) is 11.1 Å². The van der Waals surface area contributed by atoms with Crippen LogP contribution < -0.4 is 10.6 Å². The molecular formula is C26H22N8. The fourth-order valence-corrected chi connectivity index (χ4v) is 3.96. The molecule has 8 nitrogen and oxygen atoms in total. The Labute approximate surface area is 195 Å². The summed E-state index contributed by atoms with van der Waals surface area (Å²) in [6.45, 7) is 1.39. The van der Waals surface area contributed by atoms with Crippen LogP contribution in [-0.4, -0.2) is 29.9 Å². The number of imidazole rings is 2. The summed E-state index contributed by atoms with van der Waals surface area (Å²) in [5.74, 6) is 0.817. The van der Waals surface area contributed by atoms with E-state index in [4.69, 9.17) is 0 Å². The number of H-pyrrole nitrogens is 2. The number of pyridine rings is 2. The number of nitrogens with one attached hydrogen (secondary N) is 4. The van der Waals surface area contributed by atoms with Crippen molar-refractivity contribution in [1.82, 2.24) is 29.9 Å². The zero-order chi connectivity index (χ0) is 22.7. The van der Waals surface area contributed by atoms with Gasteiger partial charge in [0.05, 0.1) is 24.5 Å². The van der Waals surface area contributed by atoms with Gasteiger partial charge in [-0.1, -0.05) is 36.4 Å². The van der Waals surface area contributed by atoms with E-state index >= 15 is 0 Å². The van der Waals surface area contributed by atoms with E-state index < -0.39 is 0 Å². The lowest BCUT2D eigenvalue weighted by molar-refractivity contribution is 1.12. The molecule has 0 spiro atoms. The lowest BCUT2D eigenvalue weighted by Crippen LogP contribution is -2.02. The van der Waals surface area contributed by atoms with Gasteiger partial charge in [-0.05, 0) is 52.6 Å². The molecule has 2 aromatic carbocycles. The summed E-state index contributed by atoms with van der Waals surface area (Å²) >= 11 is 0. The zero-order valence-electron chi connectivity index (χ0n) is 18.3. The summed E-state index contributed by atoms with van der Waals surface area (Å²) < 4.78 is 0. The van der Waals surface area contributed by atoms with Crippen molar-refractivity contribution < 1.29 is 0 Å². The molecular weight excluding hydrogens is 424 g/mol. The molecule has 6 aromatic rings. The highest BCUT2D eigenvalue weighted by molar-refractivity contribution is 5.74. The van der Waals surface area contributed by atoms with E-state index in [2.05, 4.69) is 89.1 Å². The van der Waals surface area contributed by atoms with Crippen molar-refractivity contribution in [3.8, 4) is 11.1 Å². The Morgan fingerprint density at radius 2 is 1.35 bits per heavy atom. The lowest BCUT2D eigenvalue weighted by Gasteiger charge is -2.10. The minimum atomic E-state index is 0.685. The van der Waals surface area contributed by atoms with Crippen LogP contribution in [-0.2, 0) is 13.1 Å². The first-order valence-corrected chi connectivity index (χ1v) is 11.1. The summed E-state index contributed by atoms with van der Waals surface area (Å²) in [5, 5.41) is 6.84. The Balaban J connectivity index is 1.14. The van der Waals surface area contributed by atoms with Crippen molar-refractivity contribution >= 4 is 33.8 Å². The van der Waals surface area contributed by atoms with Gasteiger partial charge >= 0.3 is 0 Å². The Kier molecular flexibility index (Phi) is 5.08. The van der Waals surface area contributed by atoms with Gasteiger partial charge < -0.3 is 20.6 Å². The predicted molar refractivity (Wildman–Crippen MR) is 134 cm³/mol. The van der Waals surface area contributed by atoms with Gasteiger partial charge in [0.1, 0.15) is 16.9 Å². The first kappa shape index (κ1) is 19.9. The standard InChI is InChI=1S/C26H22N8/c1-3-17(12-27-21-11-23-25(29-14-21)32-16-31-23)9-19(5-1)20-6-2-4-18(10-20)13-28-24-8-7-22-26(34-24)33-15-30-22/h1-11,14-16,27H,12-13H2,(H,29,31,32)(H2,28,30,33,34). The Bertz CT molecular complexity index is 1460. The highest BCUT2D eigenvalue weighted by Crippen LogP contribution is 2.23. The van der Waals surface area contributed by atoms with E-state index in [-0.39, 0.29) is 0 Å². The molecule has 0 bridgehead atoms. The van der Waals surface area contributed by atoms with Gasteiger partial charge in [0, 0.05) is 13.1 Å². The maximum absolute atomic E-state index is 4.56. The molecule has 0 saturated heterocycles. The monoisotopic (exact) mass is 446 g/mol. The Hall–Kier alpha value is -4.72. The molecule has 6 rings (SSSR count). The second kappa shape index (κ2) is 8.67. The molecule has 0 amide bonds. The number of aromatic nitrogens is 6.